The minimum atomic E-state index is -0.114. The molecule has 0 saturated carbocycles. The zero-order chi connectivity index (χ0) is 17.1. The van der Waals surface area contributed by atoms with Crippen molar-refractivity contribution in [2.75, 3.05) is 20.1 Å². The van der Waals surface area contributed by atoms with Crippen molar-refractivity contribution in [1.82, 2.24) is 10.2 Å². The molecule has 0 bridgehead atoms. The maximum absolute atomic E-state index is 12.9. The second-order valence-corrected chi connectivity index (χ2v) is 6.30. The van der Waals surface area contributed by atoms with Crippen LogP contribution in [-0.4, -0.2) is 42.8 Å². The first-order chi connectivity index (χ1) is 11.6. The van der Waals surface area contributed by atoms with Gasteiger partial charge in [-0.05, 0) is 26.0 Å². The second-order valence-electron chi connectivity index (χ2n) is 6.30. The monoisotopic (exact) mass is 322 g/mol. The van der Waals surface area contributed by atoms with Gasteiger partial charge in [0.25, 0.3) is 5.91 Å². The van der Waals surface area contributed by atoms with Gasteiger partial charge in [-0.15, -0.1) is 0 Å². The van der Waals surface area contributed by atoms with E-state index in [1.54, 1.807) is 29.2 Å². The van der Waals surface area contributed by atoms with Crippen LogP contribution < -0.4 is 5.32 Å². The smallest absolute Gasteiger partial charge is 0.254 e. The molecule has 0 spiro atoms. The summed E-state index contributed by atoms with van der Waals surface area (Å²) < 4.78 is 0. The van der Waals surface area contributed by atoms with Crippen LogP contribution in [0.2, 0.25) is 0 Å². The average Bonchev–Trinajstić information content (AvgIpc) is 3.15. The van der Waals surface area contributed by atoms with Crippen LogP contribution in [0.5, 0.6) is 0 Å². The van der Waals surface area contributed by atoms with E-state index in [1.165, 1.54) is 0 Å². The molecule has 1 aliphatic rings. The lowest BCUT2D eigenvalue weighted by molar-refractivity contribution is 0.0739. The normalized spacial score (nSPS) is 16.8. The topological polar surface area (TPSA) is 49.4 Å². The number of likely N-dealkylation sites (N-methyl/N-ethyl adjacent to an activating group) is 1. The van der Waals surface area contributed by atoms with Gasteiger partial charge in [0.2, 0.25) is 0 Å². The van der Waals surface area contributed by atoms with Crippen LogP contribution in [0.15, 0.2) is 48.5 Å². The largest absolute Gasteiger partial charge is 0.337 e. The number of nitrogens with one attached hydrogen (secondary N) is 1. The van der Waals surface area contributed by atoms with Gasteiger partial charge < -0.3 is 10.2 Å². The van der Waals surface area contributed by atoms with Gasteiger partial charge in [-0.3, -0.25) is 9.59 Å². The summed E-state index contributed by atoms with van der Waals surface area (Å²) in [5.41, 5.74) is 2.64. The van der Waals surface area contributed by atoms with E-state index in [0.717, 1.165) is 25.1 Å². The molecule has 3 rings (SSSR count). The first-order valence-electron chi connectivity index (χ1n) is 8.26. The van der Waals surface area contributed by atoms with Crippen LogP contribution in [0.4, 0.5) is 0 Å². The Bertz CT molecular complexity index is 746. The van der Waals surface area contributed by atoms with E-state index < -0.39 is 0 Å². The van der Waals surface area contributed by atoms with Gasteiger partial charge >= 0.3 is 0 Å². The number of ketones is 1. The summed E-state index contributed by atoms with van der Waals surface area (Å²) in [5, 5.41) is 3.27. The zero-order valence-corrected chi connectivity index (χ0v) is 14.1. The molecular weight excluding hydrogens is 300 g/mol. The Balaban J connectivity index is 1.91. The molecule has 1 atom stereocenters. The number of aryl methyl sites for hydroxylation is 1. The van der Waals surface area contributed by atoms with Crippen LogP contribution in [0, 0.1) is 6.92 Å². The minimum absolute atomic E-state index is 0.0974. The Morgan fingerprint density at radius 3 is 2.33 bits per heavy atom. The van der Waals surface area contributed by atoms with Crippen LogP contribution in [0.3, 0.4) is 0 Å². The number of carbonyl (C=O) groups excluding carboxylic acids is 2. The Kier molecular flexibility index (Phi) is 4.76. The summed E-state index contributed by atoms with van der Waals surface area (Å²) in [5.74, 6) is -0.211. The van der Waals surface area contributed by atoms with Crippen molar-refractivity contribution in [3.05, 3.63) is 70.8 Å². The highest BCUT2D eigenvalue weighted by molar-refractivity contribution is 6.15. The SMILES string of the molecule is Cc1ccc(C(=O)c2ccccc2C(=O)N(C)[C@H]2CCNC2)cc1. The highest BCUT2D eigenvalue weighted by Crippen LogP contribution is 2.19. The molecule has 1 fully saturated rings. The van der Waals surface area contributed by atoms with E-state index >= 15 is 0 Å². The lowest BCUT2D eigenvalue weighted by atomic mass is 9.97. The van der Waals surface area contributed by atoms with Crippen molar-refractivity contribution in [2.24, 2.45) is 0 Å². The predicted molar refractivity (Wildman–Crippen MR) is 94.4 cm³/mol. The first-order valence-corrected chi connectivity index (χ1v) is 8.26. The molecule has 0 unspecified atom stereocenters. The summed E-state index contributed by atoms with van der Waals surface area (Å²) in [6.07, 6.45) is 0.941. The number of carbonyl (C=O) groups is 2. The predicted octanol–water partition coefficient (Wildman–Crippen LogP) is 2.66. The van der Waals surface area contributed by atoms with Crippen molar-refractivity contribution < 1.29 is 9.59 Å². The van der Waals surface area contributed by atoms with Crippen LogP contribution >= 0.6 is 0 Å². The Labute approximate surface area is 142 Å². The van der Waals surface area contributed by atoms with Crippen molar-refractivity contribution in [3.8, 4) is 0 Å². The van der Waals surface area contributed by atoms with E-state index in [2.05, 4.69) is 5.32 Å². The summed E-state index contributed by atoms with van der Waals surface area (Å²) in [4.78, 5) is 27.5. The molecule has 2 aromatic carbocycles. The Morgan fingerprint density at radius 2 is 1.71 bits per heavy atom. The van der Waals surface area contributed by atoms with Crippen LogP contribution in [-0.2, 0) is 0 Å². The van der Waals surface area contributed by atoms with Gasteiger partial charge in [-0.2, -0.15) is 0 Å². The van der Waals surface area contributed by atoms with Gasteiger partial charge in [0.05, 0.1) is 5.56 Å². The van der Waals surface area contributed by atoms with Gasteiger partial charge in [-0.1, -0.05) is 48.0 Å². The Morgan fingerprint density at radius 1 is 1.04 bits per heavy atom. The summed E-state index contributed by atoms with van der Waals surface area (Å²) in [6.45, 7) is 3.71. The zero-order valence-electron chi connectivity index (χ0n) is 14.1. The Hall–Kier alpha value is -2.46. The van der Waals surface area contributed by atoms with Crippen LogP contribution in [0.25, 0.3) is 0 Å². The van der Waals surface area contributed by atoms with Gasteiger partial charge in [0, 0.05) is 30.8 Å². The fraction of sp³-hybridized carbons (Fsp3) is 0.300. The molecule has 1 saturated heterocycles. The highest BCUT2D eigenvalue weighted by atomic mass is 16.2. The molecule has 124 valence electrons. The molecule has 0 aromatic heterocycles. The highest BCUT2D eigenvalue weighted by Gasteiger charge is 2.26. The van der Waals surface area contributed by atoms with Crippen molar-refractivity contribution in [3.63, 3.8) is 0 Å². The van der Waals surface area contributed by atoms with E-state index in [1.807, 2.05) is 38.2 Å². The molecule has 4 heteroatoms. The standard InChI is InChI=1S/C20H22N2O2/c1-14-7-9-15(10-8-14)19(23)17-5-3-4-6-18(17)20(24)22(2)16-11-12-21-13-16/h3-10,16,21H,11-13H2,1-2H3/t16-/m0/s1. The lowest BCUT2D eigenvalue weighted by Gasteiger charge is -2.24. The number of hydrogen-bond acceptors (Lipinski definition) is 3. The molecule has 0 aliphatic carbocycles. The van der Waals surface area contributed by atoms with E-state index in [4.69, 9.17) is 0 Å². The van der Waals surface area contributed by atoms with Crippen molar-refractivity contribution in [1.29, 1.82) is 0 Å². The van der Waals surface area contributed by atoms with E-state index in [0.29, 0.717) is 16.7 Å². The second kappa shape index (κ2) is 6.97. The minimum Gasteiger partial charge on any atom is -0.337 e. The molecule has 1 amide bonds. The number of rotatable bonds is 4. The molecule has 24 heavy (non-hydrogen) atoms. The third-order valence-corrected chi connectivity index (χ3v) is 4.62. The fourth-order valence-corrected chi connectivity index (χ4v) is 3.05. The lowest BCUT2D eigenvalue weighted by Crippen LogP contribution is -2.39. The fourth-order valence-electron chi connectivity index (χ4n) is 3.05. The molecule has 1 heterocycles. The number of benzene rings is 2. The van der Waals surface area contributed by atoms with Crippen molar-refractivity contribution in [2.45, 2.75) is 19.4 Å². The molecule has 0 radical (unpaired) electrons. The molecule has 1 N–H and O–H groups in total. The first kappa shape index (κ1) is 16.4. The maximum Gasteiger partial charge on any atom is 0.254 e. The van der Waals surface area contributed by atoms with Gasteiger partial charge in [-0.25, -0.2) is 0 Å². The van der Waals surface area contributed by atoms with E-state index in [-0.39, 0.29) is 17.7 Å². The summed E-state index contributed by atoms with van der Waals surface area (Å²) in [6, 6.07) is 14.7. The molecular formula is C20H22N2O2. The third-order valence-electron chi connectivity index (χ3n) is 4.62. The summed E-state index contributed by atoms with van der Waals surface area (Å²) >= 11 is 0. The van der Waals surface area contributed by atoms with Crippen molar-refractivity contribution >= 4 is 11.7 Å². The number of hydrogen-bond donors (Lipinski definition) is 1. The van der Waals surface area contributed by atoms with Gasteiger partial charge in [0.1, 0.15) is 0 Å². The number of amides is 1. The molecule has 2 aromatic rings. The third kappa shape index (κ3) is 3.24. The van der Waals surface area contributed by atoms with Crippen LogP contribution in [0.1, 0.15) is 38.3 Å². The average molecular weight is 322 g/mol. The van der Waals surface area contributed by atoms with Gasteiger partial charge in [0.15, 0.2) is 5.78 Å². The number of nitrogens with zero attached hydrogens (tertiary/aromatic N) is 1. The molecule has 1 aliphatic heterocycles. The summed E-state index contributed by atoms with van der Waals surface area (Å²) in [7, 11) is 1.81. The maximum atomic E-state index is 12.9. The molecule has 4 nitrogen and oxygen atoms in total. The van der Waals surface area contributed by atoms with E-state index in [9.17, 15) is 9.59 Å². The quantitative estimate of drug-likeness (QED) is 0.881.